The maximum atomic E-state index is 11.9. The van der Waals surface area contributed by atoms with Crippen LogP contribution in [0.5, 0.6) is 0 Å². The van der Waals surface area contributed by atoms with Crippen LogP contribution < -0.4 is 0 Å². The molecule has 1 unspecified atom stereocenters. The van der Waals surface area contributed by atoms with Crippen LogP contribution in [0.2, 0.25) is 0 Å². The van der Waals surface area contributed by atoms with Gasteiger partial charge in [0.05, 0.1) is 6.10 Å². The standard InChI is InChI=1S/C17H23NO2/c1-2-3-9-16(19)18-12-10-15(11-13-18)17(20)14-7-5-4-6-8-14/h2,4-8,15,17,20H,1,3,9-13H2. The topological polar surface area (TPSA) is 40.5 Å². The zero-order valence-corrected chi connectivity index (χ0v) is 11.9. The number of hydrogen-bond donors (Lipinski definition) is 1. The highest BCUT2D eigenvalue weighted by Gasteiger charge is 2.27. The van der Waals surface area contributed by atoms with Crippen molar-refractivity contribution in [2.45, 2.75) is 31.8 Å². The number of piperidine rings is 1. The molecule has 0 saturated carbocycles. The first-order valence-corrected chi connectivity index (χ1v) is 7.34. The van der Waals surface area contributed by atoms with E-state index in [9.17, 15) is 9.90 Å². The molecule has 0 radical (unpaired) electrons. The number of aliphatic hydroxyl groups is 1. The van der Waals surface area contributed by atoms with E-state index in [1.54, 1.807) is 6.08 Å². The van der Waals surface area contributed by atoms with Crippen LogP contribution in [-0.4, -0.2) is 29.0 Å². The van der Waals surface area contributed by atoms with Crippen molar-refractivity contribution >= 4 is 5.91 Å². The normalized spacial score (nSPS) is 17.8. The molecule has 0 aliphatic carbocycles. The predicted octanol–water partition coefficient (Wildman–Crippen LogP) is 2.92. The highest BCUT2D eigenvalue weighted by Crippen LogP contribution is 2.30. The third-order valence-corrected chi connectivity index (χ3v) is 4.04. The van der Waals surface area contributed by atoms with Gasteiger partial charge in [-0.1, -0.05) is 36.4 Å². The van der Waals surface area contributed by atoms with Gasteiger partial charge in [-0.3, -0.25) is 4.79 Å². The van der Waals surface area contributed by atoms with Gasteiger partial charge in [0.2, 0.25) is 5.91 Å². The summed E-state index contributed by atoms with van der Waals surface area (Å²) in [7, 11) is 0. The first-order valence-electron chi connectivity index (χ1n) is 7.34. The highest BCUT2D eigenvalue weighted by molar-refractivity contribution is 5.76. The lowest BCUT2D eigenvalue weighted by Gasteiger charge is -2.34. The lowest BCUT2D eigenvalue weighted by Crippen LogP contribution is -2.39. The lowest BCUT2D eigenvalue weighted by molar-refractivity contribution is -0.133. The number of carbonyl (C=O) groups excluding carboxylic acids is 1. The van der Waals surface area contributed by atoms with Crippen molar-refractivity contribution in [2.75, 3.05) is 13.1 Å². The first-order chi connectivity index (χ1) is 9.72. The van der Waals surface area contributed by atoms with Gasteiger partial charge in [-0.15, -0.1) is 6.58 Å². The molecule has 1 aromatic rings. The summed E-state index contributed by atoms with van der Waals surface area (Å²) >= 11 is 0. The molecule has 0 spiro atoms. The van der Waals surface area contributed by atoms with Gasteiger partial charge < -0.3 is 10.0 Å². The zero-order valence-electron chi connectivity index (χ0n) is 11.9. The maximum Gasteiger partial charge on any atom is 0.222 e. The van der Waals surface area contributed by atoms with Crippen LogP contribution in [-0.2, 0) is 4.79 Å². The van der Waals surface area contributed by atoms with E-state index in [0.717, 1.165) is 37.9 Å². The van der Waals surface area contributed by atoms with Crippen LogP contribution in [0, 0.1) is 5.92 Å². The Hall–Kier alpha value is -1.61. The largest absolute Gasteiger partial charge is 0.388 e. The molecule has 1 atom stereocenters. The van der Waals surface area contributed by atoms with Crippen molar-refractivity contribution < 1.29 is 9.90 Å². The third-order valence-electron chi connectivity index (χ3n) is 4.04. The fourth-order valence-corrected chi connectivity index (χ4v) is 2.77. The summed E-state index contributed by atoms with van der Waals surface area (Å²) < 4.78 is 0. The van der Waals surface area contributed by atoms with E-state index in [0.29, 0.717) is 6.42 Å². The Balaban J connectivity index is 1.85. The third kappa shape index (κ3) is 3.70. The average Bonchev–Trinajstić information content (AvgIpc) is 2.53. The van der Waals surface area contributed by atoms with Crippen molar-refractivity contribution in [2.24, 2.45) is 5.92 Å². The molecule has 0 aromatic heterocycles. The summed E-state index contributed by atoms with van der Waals surface area (Å²) in [5, 5.41) is 10.4. The molecule has 2 rings (SSSR count). The molecule has 1 aromatic carbocycles. The van der Waals surface area contributed by atoms with Crippen LogP contribution in [0.1, 0.15) is 37.4 Å². The number of amides is 1. The molecule has 0 bridgehead atoms. The van der Waals surface area contributed by atoms with Crippen LogP contribution in [0.4, 0.5) is 0 Å². The summed E-state index contributed by atoms with van der Waals surface area (Å²) in [6.45, 7) is 5.15. The number of aliphatic hydroxyl groups excluding tert-OH is 1. The molecular weight excluding hydrogens is 250 g/mol. The Morgan fingerprint density at radius 3 is 2.60 bits per heavy atom. The second kappa shape index (κ2) is 7.25. The quantitative estimate of drug-likeness (QED) is 0.838. The number of nitrogens with zero attached hydrogens (tertiary/aromatic N) is 1. The number of carbonyl (C=O) groups is 1. The van der Waals surface area contributed by atoms with Gasteiger partial charge in [0, 0.05) is 19.5 Å². The zero-order chi connectivity index (χ0) is 14.4. The fraction of sp³-hybridized carbons (Fsp3) is 0.471. The Morgan fingerprint density at radius 2 is 2.00 bits per heavy atom. The van der Waals surface area contributed by atoms with Gasteiger partial charge in [0.1, 0.15) is 0 Å². The minimum atomic E-state index is -0.415. The Bertz CT molecular complexity index is 436. The smallest absolute Gasteiger partial charge is 0.222 e. The minimum absolute atomic E-state index is 0.206. The summed E-state index contributed by atoms with van der Waals surface area (Å²) in [6, 6.07) is 9.79. The molecule has 1 fully saturated rings. The minimum Gasteiger partial charge on any atom is -0.388 e. The van der Waals surface area contributed by atoms with E-state index in [4.69, 9.17) is 0 Å². The van der Waals surface area contributed by atoms with Crippen LogP contribution >= 0.6 is 0 Å². The van der Waals surface area contributed by atoms with Gasteiger partial charge in [-0.05, 0) is 30.7 Å². The molecule has 1 aliphatic rings. The second-order valence-electron chi connectivity index (χ2n) is 5.40. The molecule has 1 aliphatic heterocycles. The lowest BCUT2D eigenvalue weighted by atomic mass is 9.87. The van der Waals surface area contributed by atoms with E-state index in [2.05, 4.69) is 6.58 Å². The molecule has 3 nitrogen and oxygen atoms in total. The number of benzene rings is 1. The van der Waals surface area contributed by atoms with Crippen LogP contribution in [0.25, 0.3) is 0 Å². The molecule has 1 saturated heterocycles. The molecule has 3 heteroatoms. The molecular formula is C17H23NO2. The van der Waals surface area contributed by atoms with Crippen LogP contribution in [0.3, 0.4) is 0 Å². The molecule has 1 amide bonds. The number of allylic oxidation sites excluding steroid dienone is 1. The van der Waals surface area contributed by atoms with Gasteiger partial charge in [0.15, 0.2) is 0 Å². The van der Waals surface area contributed by atoms with E-state index >= 15 is 0 Å². The van der Waals surface area contributed by atoms with E-state index in [1.807, 2.05) is 35.2 Å². The average molecular weight is 273 g/mol. The fourth-order valence-electron chi connectivity index (χ4n) is 2.77. The van der Waals surface area contributed by atoms with E-state index < -0.39 is 6.10 Å². The van der Waals surface area contributed by atoms with Crippen molar-refractivity contribution in [1.29, 1.82) is 0 Å². The SMILES string of the molecule is C=CCCC(=O)N1CCC(C(O)c2ccccc2)CC1. The Labute approximate surface area is 120 Å². The number of rotatable bonds is 5. The monoisotopic (exact) mass is 273 g/mol. The number of likely N-dealkylation sites (tertiary alicyclic amines) is 1. The van der Waals surface area contributed by atoms with E-state index in [-0.39, 0.29) is 11.8 Å². The second-order valence-corrected chi connectivity index (χ2v) is 5.40. The van der Waals surface area contributed by atoms with Gasteiger partial charge >= 0.3 is 0 Å². The highest BCUT2D eigenvalue weighted by atomic mass is 16.3. The molecule has 20 heavy (non-hydrogen) atoms. The summed E-state index contributed by atoms with van der Waals surface area (Å²) in [5.74, 6) is 0.457. The van der Waals surface area contributed by atoms with Gasteiger partial charge in [0.25, 0.3) is 0 Å². The van der Waals surface area contributed by atoms with Crippen molar-refractivity contribution in [1.82, 2.24) is 4.90 Å². The van der Waals surface area contributed by atoms with Crippen molar-refractivity contribution in [3.05, 3.63) is 48.6 Å². The predicted molar refractivity (Wildman–Crippen MR) is 80.1 cm³/mol. The van der Waals surface area contributed by atoms with Crippen LogP contribution in [0.15, 0.2) is 43.0 Å². The van der Waals surface area contributed by atoms with Crippen molar-refractivity contribution in [3.8, 4) is 0 Å². The maximum absolute atomic E-state index is 11.9. The summed E-state index contributed by atoms with van der Waals surface area (Å²) in [4.78, 5) is 13.8. The van der Waals surface area contributed by atoms with Gasteiger partial charge in [-0.25, -0.2) is 0 Å². The summed E-state index contributed by atoms with van der Waals surface area (Å²) in [5.41, 5.74) is 0.976. The van der Waals surface area contributed by atoms with Gasteiger partial charge in [-0.2, -0.15) is 0 Å². The Kier molecular flexibility index (Phi) is 5.36. The number of hydrogen-bond acceptors (Lipinski definition) is 2. The van der Waals surface area contributed by atoms with Crippen molar-refractivity contribution in [3.63, 3.8) is 0 Å². The summed E-state index contributed by atoms with van der Waals surface area (Å²) in [6.07, 6.45) is 4.40. The first kappa shape index (κ1) is 14.8. The molecule has 1 heterocycles. The van der Waals surface area contributed by atoms with E-state index in [1.165, 1.54) is 0 Å². The molecule has 108 valence electrons. The Morgan fingerprint density at radius 1 is 1.35 bits per heavy atom. The molecule has 1 N–H and O–H groups in total.